The Balaban J connectivity index is 0.000000285. The number of likely N-dealkylation sites (tertiary alicyclic amines) is 1. The number of H-pyrrole nitrogens is 2. The van der Waals surface area contributed by atoms with Crippen molar-refractivity contribution < 1.29 is 79.0 Å². The van der Waals surface area contributed by atoms with E-state index in [-0.39, 0.29) is 70.7 Å². The number of ketones is 1. The summed E-state index contributed by atoms with van der Waals surface area (Å²) < 4.78 is 103. The number of aromatic nitrogens is 8. The number of hydrogen-bond donors (Lipinski definition) is 10. The van der Waals surface area contributed by atoms with Crippen molar-refractivity contribution in [2.45, 2.75) is 146 Å². The fourth-order valence-corrected chi connectivity index (χ4v) is 11.7. The Hall–Kier alpha value is -7.19. The van der Waals surface area contributed by atoms with E-state index in [1.54, 1.807) is 47.9 Å². The summed E-state index contributed by atoms with van der Waals surface area (Å²) >= 11 is 0. The van der Waals surface area contributed by atoms with Crippen LogP contribution >= 0.6 is 10.7 Å². The zero-order chi connectivity index (χ0) is 73.1. The number of aryl methyl sites for hydroxylation is 4. The fourth-order valence-electron chi connectivity index (χ4n) is 9.35. The lowest BCUT2D eigenvalue weighted by Crippen LogP contribution is -2.59. The van der Waals surface area contributed by atoms with Gasteiger partial charge in [0.25, 0.3) is 20.2 Å². The summed E-state index contributed by atoms with van der Waals surface area (Å²) in [5.74, 6) is -1.40. The van der Waals surface area contributed by atoms with Gasteiger partial charge in [-0.05, 0) is 142 Å². The van der Waals surface area contributed by atoms with Crippen LogP contribution in [-0.2, 0) is 60.3 Å². The van der Waals surface area contributed by atoms with E-state index in [0.29, 0.717) is 109 Å². The molecule has 0 unspecified atom stereocenters. The lowest BCUT2D eigenvalue weighted by molar-refractivity contribution is -0.192. The average Bonchev–Trinajstić information content (AvgIpc) is 1.37. The average molecular weight is 1450 g/mol. The molecule has 9 rings (SSSR count). The number of amides is 1. The Morgan fingerprint density at radius 3 is 1.48 bits per heavy atom. The van der Waals surface area contributed by atoms with Crippen molar-refractivity contribution in [3.8, 4) is 34.3 Å². The third-order valence-electron chi connectivity index (χ3n) is 14.3. The number of benzene rings is 2. The van der Waals surface area contributed by atoms with Crippen molar-refractivity contribution in [1.82, 2.24) is 64.7 Å². The molecule has 7 heterocycles. The second kappa shape index (κ2) is 39.6. The van der Waals surface area contributed by atoms with Gasteiger partial charge in [-0.1, -0.05) is 26.7 Å². The molecule has 3 aliphatic heterocycles. The monoisotopic (exact) mass is 1450 g/mol. The summed E-state index contributed by atoms with van der Waals surface area (Å²) in [5, 5.41) is 51.3. The maximum atomic E-state index is 13.3. The van der Waals surface area contributed by atoms with Gasteiger partial charge in [0, 0.05) is 82.9 Å². The smallest absolute Gasteiger partial charge is 0.490 e. The first-order chi connectivity index (χ1) is 46.2. The molecule has 0 aliphatic carbocycles. The van der Waals surface area contributed by atoms with Crippen LogP contribution in [0.4, 0.5) is 18.0 Å². The number of nitrogens with one attached hydrogen (secondary N) is 5. The van der Waals surface area contributed by atoms with Crippen LogP contribution in [0.25, 0.3) is 44.8 Å². The molecular weight excluding hydrogens is 1350 g/mol. The number of ether oxygens (including phenoxy) is 3. The van der Waals surface area contributed by atoms with E-state index >= 15 is 0 Å². The van der Waals surface area contributed by atoms with Crippen LogP contribution in [0, 0.1) is 0 Å². The zero-order valence-electron chi connectivity index (χ0n) is 56.8. The number of sulfonamides is 1. The van der Waals surface area contributed by atoms with Gasteiger partial charge in [-0.25, -0.2) is 36.4 Å². The number of hydrogen-bond acceptors (Lipinski definition) is 23. The van der Waals surface area contributed by atoms with Gasteiger partial charge in [-0.3, -0.25) is 28.6 Å². The number of rotatable bonds is 26. The van der Waals surface area contributed by atoms with Gasteiger partial charge in [0.05, 0.1) is 58.6 Å². The maximum Gasteiger partial charge on any atom is 0.490 e. The van der Waals surface area contributed by atoms with E-state index in [2.05, 4.69) is 41.1 Å². The molecule has 0 spiro atoms. The molecule has 0 atom stereocenters. The molecule has 98 heavy (non-hydrogen) atoms. The quantitative estimate of drug-likeness (QED) is 0.0264. The Morgan fingerprint density at radius 2 is 1.12 bits per heavy atom. The summed E-state index contributed by atoms with van der Waals surface area (Å²) in [5.41, 5.74) is 7.82. The first-order valence-electron chi connectivity index (χ1n) is 32.1. The van der Waals surface area contributed by atoms with Crippen LogP contribution in [0.15, 0.2) is 55.8 Å². The number of alkyl halides is 3. The number of aliphatic hydroxyl groups excluding tert-OH is 3. The number of fused-ring (bicyclic) bond motifs is 2. The minimum atomic E-state index is -5.08. The molecule has 36 heteroatoms. The Bertz CT molecular complexity index is 3900. The normalized spacial score (nSPS) is 14.1. The molecule has 3 aliphatic rings. The van der Waals surface area contributed by atoms with Gasteiger partial charge in [0.15, 0.2) is 16.8 Å². The summed E-state index contributed by atoms with van der Waals surface area (Å²) in [6, 6.07) is 9.61. The standard InChI is InChI=1S/C24H34N6O5S.C17H19ClN4O4S.C8H13NO3.C7H16N2O.C4H11NO.C2HF3O2/c1-4-8-19-21-22(29(3)28-19)24(32)27-23(26-21)18-13-17(9-10-20(18)35-5-2)36(33,34)30-14-16(15-30)25-11-6-7-12-31;1-4-6-12-14-15(22(3)21-12)17(23)20-16(19-14)11-9-10(27(18,24)25)7-8-13(11)26-5-2;1-8(2,3)12-7(11)9-4-6(10)5-9;10-4-2-1-3-9-7-5-8-6-7;5-3-1-2-4-6;3-2(4,5)1(6)7/h9-10,13,16,25,31H,4-8,11-12,14-15H2,1-3H3,(H,26,27,32);7-9H,4-6H2,1-3H3,(H,19,20,23);4-5H2,1-3H3;7-10H,1-6H2;6H,1-5H2;(H,6,7). The Kier molecular flexibility index (Phi) is 33.6. The Morgan fingerprint density at radius 1 is 0.694 bits per heavy atom. The highest BCUT2D eigenvalue weighted by atomic mass is 35.7. The number of nitrogens with two attached hydrogens (primary N) is 1. The summed E-state index contributed by atoms with van der Waals surface area (Å²) in [7, 11) is 1.17. The number of unbranched alkanes of at least 4 members (excludes halogenated alkanes) is 3. The first-order valence-corrected chi connectivity index (χ1v) is 35.9. The molecule has 30 nitrogen and oxygen atoms in total. The van der Waals surface area contributed by atoms with Gasteiger partial charge in [0.1, 0.15) is 39.8 Å². The molecule has 1 amide bonds. The van der Waals surface area contributed by atoms with E-state index in [4.69, 9.17) is 60.8 Å². The van der Waals surface area contributed by atoms with Crippen LogP contribution < -0.4 is 42.3 Å². The first kappa shape index (κ1) is 83.2. The topological polar surface area (TPSA) is 424 Å². The number of carbonyl (C=O) groups is 3. The number of aliphatic hydroxyl groups is 3. The summed E-state index contributed by atoms with van der Waals surface area (Å²) in [4.78, 5) is 72.3. The molecule has 2 aromatic carbocycles. The molecule has 0 saturated carbocycles. The number of halogens is 4. The van der Waals surface area contributed by atoms with Crippen molar-refractivity contribution in [3.05, 3.63) is 68.5 Å². The second-order valence-electron chi connectivity index (χ2n) is 23.5. The van der Waals surface area contributed by atoms with Crippen molar-refractivity contribution >= 4 is 69.7 Å². The number of carboxylic acids is 1. The van der Waals surface area contributed by atoms with Gasteiger partial charge in [-0.2, -0.15) is 27.7 Å². The van der Waals surface area contributed by atoms with Crippen molar-refractivity contribution in [2.24, 2.45) is 19.8 Å². The van der Waals surface area contributed by atoms with E-state index in [1.165, 1.54) is 48.9 Å². The maximum absolute atomic E-state index is 13.3. The van der Waals surface area contributed by atoms with E-state index < -0.39 is 42.9 Å². The number of aromatic amines is 2. The predicted octanol–water partition coefficient (Wildman–Crippen LogP) is 4.49. The van der Waals surface area contributed by atoms with Crippen LogP contribution in [0.5, 0.6) is 11.5 Å². The number of Topliss-reactive ketones (excluding diaryl/α,β-unsaturated/α-hetero) is 1. The van der Waals surface area contributed by atoms with Gasteiger partial charge >= 0.3 is 18.2 Å². The lowest BCUT2D eigenvalue weighted by Gasteiger charge is -2.38. The van der Waals surface area contributed by atoms with E-state index in [9.17, 15) is 49.2 Å². The highest BCUT2D eigenvalue weighted by Crippen LogP contribution is 2.35. The van der Waals surface area contributed by atoms with Crippen LogP contribution in [0.3, 0.4) is 0 Å². The van der Waals surface area contributed by atoms with Crippen LogP contribution in [0.2, 0.25) is 0 Å². The lowest BCUT2D eigenvalue weighted by atomic mass is 10.1. The van der Waals surface area contributed by atoms with Crippen LogP contribution in [0.1, 0.15) is 111 Å². The van der Waals surface area contributed by atoms with Crippen molar-refractivity contribution in [2.75, 3.05) is 91.9 Å². The molecule has 3 fully saturated rings. The fraction of sp³-hybridized carbons (Fsp3) is 0.597. The molecule has 4 aromatic heterocycles. The van der Waals surface area contributed by atoms with Gasteiger partial charge in [-0.15, -0.1) is 0 Å². The molecule has 6 aromatic rings. The summed E-state index contributed by atoms with van der Waals surface area (Å²) in [6.07, 6.45) is 2.91. The minimum absolute atomic E-state index is 0.0841. The van der Waals surface area contributed by atoms with Crippen LogP contribution in [-0.4, -0.2) is 220 Å². The number of carbonyl (C=O) groups excluding carboxylic acids is 2. The van der Waals surface area contributed by atoms with Crippen molar-refractivity contribution in [3.63, 3.8) is 0 Å². The zero-order valence-corrected chi connectivity index (χ0v) is 59.1. The number of aliphatic carboxylic acids is 1. The molecule has 11 N–H and O–H groups in total. The van der Waals surface area contributed by atoms with Gasteiger partial charge in [0.2, 0.25) is 10.0 Å². The summed E-state index contributed by atoms with van der Waals surface area (Å²) in [6.45, 7) is 20.4. The number of nitrogens with zero attached hydrogens (tertiary/aromatic N) is 8. The largest absolute Gasteiger partial charge is 0.493 e. The van der Waals surface area contributed by atoms with Gasteiger partial charge < -0.3 is 66.3 Å². The van der Waals surface area contributed by atoms with Crippen molar-refractivity contribution in [1.29, 1.82) is 0 Å². The molecule has 548 valence electrons. The third kappa shape index (κ3) is 25.2. The highest BCUT2D eigenvalue weighted by molar-refractivity contribution is 8.13. The molecule has 0 bridgehead atoms. The predicted molar refractivity (Wildman–Crippen MR) is 362 cm³/mol. The van der Waals surface area contributed by atoms with E-state index in [1.807, 2.05) is 20.8 Å². The Labute approximate surface area is 571 Å². The molecule has 0 radical (unpaired) electrons. The third-order valence-corrected chi connectivity index (χ3v) is 17.5. The second-order valence-corrected chi connectivity index (χ2v) is 28.0. The van der Waals surface area contributed by atoms with E-state index in [0.717, 1.165) is 83.2 Å². The molecule has 3 saturated heterocycles. The SMILES string of the molecule is CC(C)(C)OC(=O)N1CC(=O)C1.CCCc1nn(C)c2c(=O)[nH]c(-c3cc(S(=O)(=O)Cl)ccc3OCC)nc12.CCCc1nn(C)c2c(=O)[nH]c(-c3cc(S(=O)(=O)N4CC(NCCCCO)C4)ccc3OCC)nc12.NCCCCO.O=C(O)C(F)(F)F.OCCCCNC1CNC1. The minimum Gasteiger partial charge on any atom is -0.493 e. The molecular formula is C62H94ClF3N14O16S2. The number of carboxylic acid groups (broad SMARTS) is 1. The highest BCUT2D eigenvalue weighted by Gasteiger charge is 2.39.